The molecule has 0 aliphatic heterocycles. The van der Waals surface area contributed by atoms with E-state index in [1.807, 2.05) is 19.1 Å². The summed E-state index contributed by atoms with van der Waals surface area (Å²) in [4.78, 5) is 37.9. The van der Waals surface area contributed by atoms with Gasteiger partial charge in [-0.3, -0.25) is 18.7 Å². The van der Waals surface area contributed by atoms with Gasteiger partial charge in [-0.1, -0.05) is 19.1 Å². The SMILES string of the molecule is CCCn1c(=O)c2sccc2n(CC(=O)NCc2cccc(OC)c2OC)c1=O. The van der Waals surface area contributed by atoms with Crippen LogP contribution in [0.3, 0.4) is 0 Å². The smallest absolute Gasteiger partial charge is 0.332 e. The third kappa shape index (κ3) is 4.04. The Kier molecular flexibility index (Phi) is 6.38. The van der Waals surface area contributed by atoms with Gasteiger partial charge in [0, 0.05) is 18.7 Å². The first-order valence-corrected chi connectivity index (χ1v) is 10.1. The van der Waals surface area contributed by atoms with Crippen LogP contribution in [0.5, 0.6) is 11.5 Å². The van der Waals surface area contributed by atoms with Crippen molar-refractivity contribution in [3.63, 3.8) is 0 Å². The number of methoxy groups -OCH3 is 2. The van der Waals surface area contributed by atoms with Crippen LogP contribution in [0.4, 0.5) is 0 Å². The maximum atomic E-state index is 12.8. The number of thiophene rings is 1. The first-order valence-electron chi connectivity index (χ1n) is 9.19. The van der Waals surface area contributed by atoms with Crippen molar-refractivity contribution in [1.29, 1.82) is 0 Å². The van der Waals surface area contributed by atoms with Crippen molar-refractivity contribution < 1.29 is 14.3 Å². The summed E-state index contributed by atoms with van der Waals surface area (Å²) in [6.07, 6.45) is 0.647. The van der Waals surface area contributed by atoms with Gasteiger partial charge in [0.05, 0.1) is 19.7 Å². The van der Waals surface area contributed by atoms with E-state index in [9.17, 15) is 14.4 Å². The molecule has 154 valence electrons. The molecule has 2 aromatic heterocycles. The fraction of sp³-hybridized carbons (Fsp3) is 0.350. The minimum absolute atomic E-state index is 0.178. The van der Waals surface area contributed by atoms with Gasteiger partial charge in [-0.15, -0.1) is 11.3 Å². The monoisotopic (exact) mass is 417 g/mol. The Morgan fingerprint density at radius 2 is 1.93 bits per heavy atom. The summed E-state index contributed by atoms with van der Waals surface area (Å²) in [6, 6.07) is 7.10. The molecular weight excluding hydrogens is 394 g/mol. The first-order chi connectivity index (χ1) is 14.0. The van der Waals surface area contributed by atoms with Gasteiger partial charge in [-0.25, -0.2) is 4.79 Å². The number of carbonyl (C=O) groups is 1. The highest BCUT2D eigenvalue weighted by Gasteiger charge is 2.16. The van der Waals surface area contributed by atoms with Crippen molar-refractivity contribution in [1.82, 2.24) is 14.5 Å². The van der Waals surface area contributed by atoms with Crippen molar-refractivity contribution in [2.24, 2.45) is 0 Å². The van der Waals surface area contributed by atoms with Gasteiger partial charge in [0.2, 0.25) is 5.91 Å². The van der Waals surface area contributed by atoms with Crippen LogP contribution in [-0.4, -0.2) is 29.3 Å². The van der Waals surface area contributed by atoms with E-state index < -0.39 is 5.69 Å². The molecule has 0 aliphatic carbocycles. The van der Waals surface area contributed by atoms with Crippen LogP contribution in [0, 0.1) is 0 Å². The van der Waals surface area contributed by atoms with Crippen molar-refractivity contribution in [3.05, 3.63) is 56.0 Å². The first kappa shape index (κ1) is 20.7. The largest absolute Gasteiger partial charge is 0.493 e. The summed E-state index contributed by atoms with van der Waals surface area (Å²) in [6.45, 7) is 2.24. The number of benzene rings is 1. The summed E-state index contributed by atoms with van der Waals surface area (Å²) in [5.41, 5.74) is 0.451. The van der Waals surface area contributed by atoms with Gasteiger partial charge in [-0.2, -0.15) is 0 Å². The van der Waals surface area contributed by atoms with Gasteiger partial charge in [0.15, 0.2) is 11.5 Å². The second kappa shape index (κ2) is 8.95. The van der Waals surface area contributed by atoms with Crippen molar-refractivity contribution in [2.45, 2.75) is 33.0 Å². The Morgan fingerprint density at radius 3 is 2.62 bits per heavy atom. The number of hydrogen-bond donors (Lipinski definition) is 1. The second-order valence-corrected chi connectivity index (χ2v) is 7.31. The number of para-hydroxylation sites is 1. The zero-order chi connectivity index (χ0) is 21.0. The number of nitrogens with zero attached hydrogens (tertiary/aromatic N) is 2. The number of aromatic nitrogens is 2. The molecule has 0 radical (unpaired) electrons. The van der Waals surface area contributed by atoms with Gasteiger partial charge >= 0.3 is 5.69 Å². The topological polar surface area (TPSA) is 91.6 Å². The quantitative estimate of drug-likeness (QED) is 0.605. The predicted molar refractivity (Wildman–Crippen MR) is 112 cm³/mol. The maximum Gasteiger partial charge on any atom is 0.332 e. The lowest BCUT2D eigenvalue weighted by atomic mass is 10.2. The van der Waals surface area contributed by atoms with Crippen molar-refractivity contribution in [2.75, 3.05) is 14.2 Å². The van der Waals surface area contributed by atoms with E-state index in [1.165, 1.54) is 27.6 Å². The molecular formula is C20H23N3O5S. The summed E-state index contributed by atoms with van der Waals surface area (Å²) in [5, 5.41) is 4.55. The lowest BCUT2D eigenvalue weighted by Crippen LogP contribution is -2.42. The zero-order valence-corrected chi connectivity index (χ0v) is 17.4. The lowest BCUT2D eigenvalue weighted by molar-refractivity contribution is -0.121. The van der Waals surface area contributed by atoms with Gasteiger partial charge in [0.1, 0.15) is 11.2 Å². The number of amides is 1. The van der Waals surface area contributed by atoms with Crippen molar-refractivity contribution in [3.8, 4) is 11.5 Å². The van der Waals surface area contributed by atoms with Crippen LogP contribution in [0.1, 0.15) is 18.9 Å². The van der Waals surface area contributed by atoms with E-state index in [0.717, 1.165) is 5.56 Å². The highest BCUT2D eigenvalue weighted by Crippen LogP contribution is 2.30. The molecule has 0 spiro atoms. The summed E-state index contributed by atoms with van der Waals surface area (Å²) < 4.78 is 13.7. The minimum Gasteiger partial charge on any atom is -0.493 e. The van der Waals surface area contributed by atoms with Gasteiger partial charge in [0.25, 0.3) is 5.56 Å². The van der Waals surface area contributed by atoms with E-state index in [1.54, 1.807) is 24.6 Å². The van der Waals surface area contributed by atoms with Crippen LogP contribution >= 0.6 is 11.3 Å². The molecule has 3 aromatic rings. The van der Waals surface area contributed by atoms with Crippen LogP contribution in [-0.2, 0) is 24.4 Å². The second-order valence-electron chi connectivity index (χ2n) is 6.39. The predicted octanol–water partition coefficient (Wildman–Crippen LogP) is 1.97. The number of rotatable bonds is 8. The molecule has 0 atom stereocenters. The molecule has 3 rings (SSSR count). The standard InChI is InChI=1S/C20H23N3O5S/c1-4-9-22-19(25)18-14(8-10-29-18)23(20(22)26)12-16(24)21-11-13-6-5-7-15(27-2)17(13)28-3/h5-8,10H,4,9,11-12H2,1-3H3,(H,21,24). The zero-order valence-electron chi connectivity index (χ0n) is 16.6. The molecule has 1 N–H and O–H groups in total. The molecule has 0 bridgehead atoms. The number of ether oxygens (including phenoxy) is 2. The number of nitrogens with one attached hydrogen (secondary N) is 1. The lowest BCUT2D eigenvalue weighted by Gasteiger charge is -2.14. The number of fused-ring (bicyclic) bond motifs is 1. The Labute approximate surface area is 171 Å². The molecule has 1 aromatic carbocycles. The molecule has 0 saturated carbocycles. The normalized spacial score (nSPS) is 10.9. The highest BCUT2D eigenvalue weighted by molar-refractivity contribution is 7.17. The van der Waals surface area contributed by atoms with E-state index in [0.29, 0.717) is 34.7 Å². The Morgan fingerprint density at radius 1 is 1.14 bits per heavy atom. The molecule has 8 nitrogen and oxygen atoms in total. The van der Waals surface area contributed by atoms with E-state index >= 15 is 0 Å². The van der Waals surface area contributed by atoms with Gasteiger partial charge < -0.3 is 14.8 Å². The maximum absolute atomic E-state index is 12.8. The van der Waals surface area contributed by atoms with E-state index in [2.05, 4.69) is 5.32 Å². The van der Waals surface area contributed by atoms with E-state index in [4.69, 9.17) is 9.47 Å². The van der Waals surface area contributed by atoms with Gasteiger partial charge in [-0.05, 0) is 23.9 Å². The Hall–Kier alpha value is -3.07. The third-order valence-electron chi connectivity index (χ3n) is 4.55. The molecule has 1 amide bonds. The van der Waals surface area contributed by atoms with Crippen molar-refractivity contribution >= 4 is 27.5 Å². The van der Waals surface area contributed by atoms with Crippen LogP contribution < -0.4 is 26.0 Å². The fourth-order valence-electron chi connectivity index (χ4n) is 3.19. The third-order valence-corrected chi connectivity index (χ3v) is 5.44. The summed E-state index contributed by atoms with van der Waals surface area (Å²) >= 11 is 1.27. The van der Waals surface area contributed by atoms with Crippen LogP contribution in [0.15, 0.2) is 39.2 Å². The Balaban J connectivity index is 1.85. The Bertz CT molecular complexity index is 1150. The average molecular weight is 417 g/mol. The molecule has 0 aliphatic rings. The number of carbonyl (C=O) groups excluding carboxylic acids is 1. The highest BCUT2D eigenvalue weighted by atomic mass is 32.1. The molecule has 9 heteroatoms. The summed E-state index contributed by atoms with van der Waals surface area (Å²) in [7, 11) is 3.08. The molecule has 2 heterocycles. The summed E-state index contributed by atoms with van der Waals surface area (Å²) in [5.74, 6) is 0.775. The fourth-order valence-corrected chi connectivity index (χ4v) is 4.04. The molecule has 0 unspecified atom stereocenters. The molecule has 0 fully saturated rings. The van der Waals surface area contributed by atoms with E-state index in [-0.39, 0.29) is 24.6 Å². The minimum atomic E-state index is -0.475. The van der Waals surface area contributed by atoms with Crippen LogP contribution in [0.25, 0.3) is 10.2 Å². The average Bonchev–Trinajstić information content (AvgIpc) is 3.22. The molecule has 29 heavy (non-hydrogen) atoms. The number of hydrogen-bond acceptors (Lipinski definition) is 6. The van der Waals surface area contributed by atoms with Crippen LogP contribution in [0.2, 0.25) is 0 Å². The molecule has 0 saturated heterocycles.